The van der Waals surface area contributed by atoms with E-state index < -0.39 is 0 Å². The summed E-state index contributed by atoms with van der Waals surface area (Å²) in [6.07, 6.45) is 4.78. The van der Waals surface area contributed by atoms with Gasteiger partial charge in [0.25, 0.3) is 0 Å². The number of pyridine rings is 1. The number of hydrogen-bond donors (Lipinski definition) is 1. The number of anilines is 1. The number of amides is 2. The van der Waals surface area contributed by atoms with Crippen LogP contribution in [-0.2, 0) is 21.4 Å². The third kappa shape index (κ3) is 5.87. The second-order valence-corrected chi connectivity index (χ2v) is 8.98. The van der Waals surface area contributed by atoms with Gasteiger partial charge in [-0.1, -0.05) is 32.0 Å². The number of piperidine rings is 1. The molecule has 0 aromatic carbocycles. The molecule has 162 valence electrons. The Morgan fingerprint density at radius 1 is 1.23 bits per heavy atom. The number of hydrogen-bond acceptors (Lipinski definition) is 6. The van der Waals surface area contributed by atoms with Crippen LogP contribution in [0, 0.1) is 12.8 Å². The van der Waals surface area contributed by atoms with Crippen LogP contribution >= 0.6 is 0 Å². The highest BCUT2D eigenvalue weighted by Gasteiger charge is 2.27. The van der Waals surface area contributed by atoms with Gasteiger partial charge in [-0.05, 0) is 37.8 Å². The first-order valence-corrected chi connectivity index (χ1v) is 10.6. The Labute approximate surface area is 177 Å². The molecule has 3 rings (SSSR count). The summed E-state index contributed by atoms with van der Waals surface area (Å²) in [7, 11) is 0. The number of aryl methyl sites for hydroxylation is 2. The van der Waals surface area contributed by atoms with Crippen LogP contribution in [0.5, 0.6) is 0 Å². The first-order chi connectivity index (χ1) is 14.2. The first kappa shape index (κ1) is 21.9. The molecule has 0 saturated carbocycles. The van der Waals surface area contributed by atoms with E-state index in [1.807, 2.05) is 38.7 Å². The minimum Gasteiger partial charge on any atom is -0.343 e. The molecule has 1 N–H and O–H groups in total. The molecule has 0 aliphatic carbocycles. The molecule has 2 aromatic heterocycles. The van der Waals surface area contributed by atoms with E-state index in [9.17, 15) is 9.59 Å². The third-order valence-electron chi connectivity index (χ3n) is 5.30. The molecule has 2 amide bonds. The zero-order chi connectivity index (χ0) is 21.7. The second kappa shape index (κ2) is 9.36. The fourth-order valence-electron chi connectivity index (χ4n) is 3.37. The number of rotatable bonds is 6. The van der Waals surface area contributed by atoms with Gasteiger partial charge in [0.15, 0.2) is 5.82 Å². The van der Waals surface area contributed by atoms with Gasteiger partial charge >= 0.3 is 0 Å². The van der Waals surface area contributed by atoms with E-state index in [1.165, 1.54) is 0 Å². The molecule has 0 atom stereocenters. The van der Waals surface area contributed by atoms with Crippen LogP contribution in [0.15, 0.2) is 22.9 Å². The lowest BCUT2D eigenvalue weighted by molar-refractivity contribution is -0.134. The van der Waals surface area contributed by atoms with Gasteiger partial charge < -0.3 is 14.7 Å². The van der Waals surface area contributed by atoms with Crippen LogP contribution in [0.4, 0.5) is 5.82 Å². The van der Waals surface area contributed by atoms with Gasteiger partial charge in [-0.15, -0.1) is 0 Å². The van der Waals surface area contributed by atoms with Crippen LogP contribution in [0.1, 0.15) is 63.7 Å². The maximum absolute atomic E-state index is 12.5. The van der Waals surface area contributed by atoms with E-state index in [-0.39, 0.29) is 23.1 Å². The third-order valence-corrected chi connectivity index (χ3v) is 5.30. The highest BCUT2D eigenvalue weighted by atomic mass is 16.5. The fraction of sp³-hybridized carbons (Fsp3) is 0.591. The predicted octanol–water partition coefficient (Wildman–Crippen LogP) is 3.27. The standard InChI is InChI=1S/C22H31N5O3/c1-15-8-9-17(23-14-15)24-20(29)16-10-12-27(13-11-16)19(28)7-5-6-18-25-21(26-30-18)22(2,3)4/h8-9,14,16H,5-7,10-13H2,1-4H3,(H,23,24,29). The average Bonchev–Trinajstić information content (AvgIpc) is 3.19. The van der Waals surface area contributed by atoms with Crippen LogP contribution in [0.3, 0.4) is 0 Å². The minimum atomic E-state index is -0.149. The van der Waals surface area contributed by atoms with Crippen molar-refractivity contribution in [1.29, 1.82) is 0 Å². The Hall–Kier alpha value is -2.77. The molecule has 8 heteroatoms. The number of carbonyl (C=O) groups is 2. The van der Waals surface area contributed by atoms with E-state index in [0.717, 1.165) is 5.56 Å². The Balaban J connectivity index is 1.39. The summed E-state index contributed by atoms with van der Waals surface area (Å²) in [6.45, 7) is 9.27. The molecule has 0 bridgehead atoms. The van der Waals surface area contributed by atoms with Crippen molar-refractivity contribution in [2.75, 3.05) is 18.4 Å². The van der Waals surface area contributed by atoms with Gasteiger partial charge in [-0.25, -0.2) is 4.98 Å². The SMILES string of the molecule is Cc1ccc(NC(=O)C2CCN(C(=O)CCCc3nc(C(C)(C)C)no3)CC2)nc1. The monoisotopic (exact) mass is 413 g/mol. The second-order valence-electron chi connectivity index (χ2n) is 8.98. The number of likely N-dealkylation sites (tertiary alicyclic amines) is 1. The lowest BCUT2D eigenvalue weighted by Gasteiger charge is -2.31. The Bertz CT molecular complexity index is 862. The van der Waals surface area contributed by atoms with Crippen molar-refractivity contribution in [2.45, 2.75) is 65.2 Å². The average molecular weight is 414 g/mol. The number of carbonyl (C=O) groups excluding carboxylic acids is 2. The maximum atomic E-state index is 12.5. The highest BCUT2D eigenvalue weighted by Crippen LogP contribution is 2.21. The molecule has 0 radical (unpaired) electrons. The van der Waals surface area contributed by atoms with Crippen molar-refractivity contribution in [1.82, 2.24) is 20.0 Å². The normalized spacial score (nSPS) is 15.3. The zero-order valence-electron chi connectivity index (χ0n) is 18.3. The predicted molar refractivity (Wildman–Crippen MR) is 113 cm³/mol. The van der Waals surface area contributed by atoms with Crippen molar-refractivity contribution in [2.24, 2.45) is 5.92 Å². The van der Waals surface area contributed by atoms with E-state index in [1.54, 1.807) is 12.3 Å². The van der Waals surface area contributed by atoms with Crippen molar-refractivity contribution in [3.05, 3.63) is 35.6 Å². The molecule has 1 aliphatic heterocycles. The summed E-state index contributed by atoms with van der Waals surface area (Å²) in [6, 6.07) is 3.72. The van der Waals surface area contributed by atoms with E-state index in [2.05, 4.69) is 20.4 Å². The molecular weight excluding hydrogens is 382 g/mol. The molecule has 2 aromatic rings. The minimum absolute atomic E-state index is 0.0236. The lowest BCUT2D eigenvalue weighted by Crippen LogP contribution is -2.41. The number of nitrogens with zero attached hydrogens (tertiary/aromatic N) is 4. The first-order valence-electron chi connectivity index (χ1n) is 10.6. The van der Waals surface area contributed by atoms with Crippen LogP contribution in [-0.4, -0.2) is 44.9 Å². The highest BCUT2D eigenvalue weighted by molar-refractivity contribution is 5.91. The van der Waals surface area contributed by atoms with Crippen molar-refractivity contribution in [3.8, 4) is 0 Å². The smallest absolute Gasteiger partial charge is 0.228 e. The lowest BCUT2D eigenvalue weighted by atomic mass is 9.95. The molecular formula is C22H31N5O3. The van der Waals surface area contributed by atoms with Crippen molar-refractivity contribution < 1.29 is 14.1 Å². The summed E-state index contributed by atoms with van der Waals surface area (Å²) < 4.78 is 5.28. The topological polar surface area (TPSA) is 101 Å². The molecule has 1 saturated heterocycles. The van der Waals surface area contributed by atoms with E-state index >= 15 is 0 Å². The van der Waals surface area contributed by atoms with Gasteiger partial charge in [0.05, 0.1) is 0 Å². The van der Waals surface area contributed by atoms with E-state index in [4.69, 9.17) is 4.52 Å². The van der Waals surface area contributed by atoms with Crippen molar-refractivity contribution >= 4 is 17.6 Å². The summed E-state index contributed by atoms with van der Waals surface area (Å²) in [5.74, 6) is 1.83. The summed E-state index contributed by atoms with van der Waals surface area (Å²) in [5.41, 5.74) is 0.900. The van der Waals surface area contributed by atoms with Crippen LogP contribution in [0.25, 0.3) is 0 Å². The van der Waals surface area contributed by atoms with Gasteiger partial charge in [-0.3, -0.25) is 9.59 Å². The summed E-state index contributed by atoms with van der Waals surface area (Å²) in [5, 5.41) is 6.88. The summed E-state index contributed by atoms with van der Waals surface area (Å²) >= 11 is 0. The van der Waals surface area contributed by atoms with Crippen LogP contribution < -0.4 is 5.32 Å². The van der Waals surface area contributed by atoms with Gasteiger partial charge in [0.1, 0.15) is 5.82 Å². The zero-order valence-corrected chi connectivity index (χ0v) is 18.3. The van der Waals surface area contributed by atoms with Gasteiger partial charge in [0.2, 0.25) is 17.7 Å². The molecule has 0 unspecified atom stereocenters. The maximum Gasteiger partial charge on any atom is 0.228 e. The Morgan fingerprint density at radius 3 is 2.57 bits per heavy atom. The number of aromatic nitrogens is 3. The summed E-state index contributed by atoms with van der Waals surface area (Å²) in [4.78, 5) is 35.4. The molecule has 1 fully saturated rings. The largest absolute Gasteiger partial charge is 0.343 e. The Morgan fingerprint density at radius 2 is 1.97 bits per heavy atom. The Kier molecular flexibility index (Phi) is 6.84. The number of nitrogens with one attached hydrogen (secondary N) is 1. The molecule has 30 heavy (non-hydrogen) atoms. The van der Waals surface area contributed by atoms with Crippen molar-refractivity contribution in [3.63, 3.8) is 0 Å². The quantitative estimate of drug-likeness (QED) is 0.780. The van der Waals surface area contributed by atoms with Gasteiger partial charge in [0, 0.05) is 43.5 Å². The molecule has 1 aliphatic rings. The molecule has 3 heterocycles. The van der Waals surface area contributed by atoms with Gasteiger partial charge in [-0.2, -0.15) is 4.98 Å². The molecule has 0 spiro atoms. The fourth-order valence-corrected chi connectivity index (χ4v) is 3.37. The van der Waals surface area contributed by atoms with E-state index in [0.29, 0.717) is 62.7 Å². The van der Waals surface area contributed by atoms with Crippen LogP contribution in [0.2, 0.25) is 0 Å². The molecule has 8 nitrogen and oxygen atoms in total.